The monoisotopic (exact) mass is 354 g/mol. The van der Waals surface area contributed by atoms with Gasteiger partial charge in [-0.2, -0.15) is 0 Å². The Bertz CT molecular complexity index is 817. The van der Waals surface area contributed by atoms with E-state index in [1.54, 1.807) is 42.5 Å². The molecule has 2 aromatic rings. The molecule has 1 atom stereocenters. The van der Waals surface area contributed by atoms with Crippen molar-refractivity contribution in [1.82, 2.24) is 5.32 Å². The van der Waals surface area contributed by atoms with E-state index in [9.17, 15) is 14.4 Å². The van der Waals surface area contributed by atoms with Crippen molar-refractivity contribution in [3.05, 3.63) is 65.2 Å². The van der Waals surface area contributed by atoms with Crippen molar-refractivity contribution < 1.29 is 19.1 Å². The van der Waals surface area contributed by atoms with Crippen molar-refractivity contribution in [1.29, 1.82) is 0 Å². The van der Waals surface area contributed by atoms with Crippen LogP contribution in [-0.4, -0.2) is 30.9 Å². The van der Waals surface area contributed by atoms with Gasteiger partial charge in [0, 0.05) is 17.2 Å². The highest BCUT2D eigenvalue weighted by Gasteiger charge is 2.16. The lowest BCUT2D eigenvalue weighted by molar-refractivity contribution is 0.0601. The van der Waals surface area contributed by atoms with Crippen LogP contribution in [0.15, 0.2) is 48.5 Å². The Kier molecular flexibility index (Phi) is 6.49. The zero-order valence-corrected chi connectivity index (χ0v) is 15.0. The molecule has 1 unspecified atom stereocenters. The number of amides is 2. The highest BCUT2D eigenvalue weighted by molar-refractivity contribution is 6.09. The molecule has 0 saturated heterocycles. The second-order valence-corrected chi connectivity index (χ2v) is 5.85. The number of rotatable bonds is 6. The second-order valence-electron chi connectivity index (χ2n) is 5.85. The number of para-hydroxylation sites is 1. The molecule has 2 N–H and O–H groups in total. The van der Waals surface area contributed by atoms with E-state index in [0.29, 0.717) is 16.8 Å². The molecule has 2 rings (SSSR count). The van der Waals surface area contributed by atoms with E-state index >= 15 is 0 Å². The lowest BCUT2D eigenvalue weighted by Gasteiger charge is -2.12. The minimum absolute atomic E-state index is 0.0481. The van der Waals surface area contributed by atoms with Crippen LogP contribution < -0.4 is 10.6 Å². The molecule has 2 amide bonds. The number of carbonyl (C=O) groups is 3. The maximum Gasteiger partial charge on any atom is 0.339 e. The summed E-state index contributed by atoms with van der Waals surface area (Å²) < 4.78 is 4.72. The van der Waals surface area contributed by atoms with E-state index in [4.69, 9.17) is 4.74 Å². The molecule has 0 aliphatic rings. The molecule has 0 aliphatic heterocycles. The molecule has 2 aromatic carbocycles. The van der Waals surface area contributed by atoms with E-state index in [1.807, 2.05) is 13.8 Å². The molecule has 26 heavy (non-hydrogen) atoms. The predicted octanol–water partition coefficient (Wildman–Crippen LogP) is 3.25. The van der Waals surface area contributed by atoms with E-state index in [0.717, 1.165) is 6.42 Å². The molecule has 0 radical (unpaired) electrons. The van der Waals surface area contributed by atoms with Crippen molar-refractivity contribution in [3.63, 3.8) is 0 Å². The van der Waals surface area contributed by atoms with Crippen LogP contribution in [0, 0.1) is 0 Å². The minimum Gasteiger partial charge on any atom is -0.465 e. The predicted molar refractivity (Wildman–Crippen MR) is 99.4 cm³/mol. The summed E-state index contributed by atoms with van der Waals surface area (Å²) in [6, 6.07) is 13.0. The zero-order chi connectivity index (χ0) is 19.1. The van der Waals surface area contributed by atoms with E-state index < -0.39 is 11.9 Å². The summed E-state index contributed by atoms with van der Waals surface area (Å²) in [6.07, 6.45) is 0.816. The Labute approximate surface area is 152 Å². The van der Waals surface area contributed by atoms with Crippen LogP contribution in [0.25, 0.3) is 0 Å². The smallest absolute Gasteiger partial charge is 0.339 e. The number of carbonyl (C=O) groups excluding carboxylic acids is 3. The fourth-order valence-corrected chi connectivity index (χ4v) is 2.29. The minimum atomic E-state index is -0.539. The van der Waals surface area contributed by atoms with Crippen molar-refractivity contribution in [2.45, 2.75) is 26.3 Å². The SMILES string of the molecule is CCC(C)NC(=O)c1cccc(C(=O)Nc2ccccc2C(=O)OC)c1. The molecule has 0 heterocycles. The average molecular weight is 354 g/mol. The highest BCUT2D eigenvalue weighted by Crippen LogP contribution is 2.17. The first-order valence-electron chi connectivity index (χ1n) is 8.35. The third kappa shape index (κ3) is 4.69. The van der Waals surface area contributed by atoms with Gasteiger partial charge in [0.05, 0.1) is 18.4 Å². The molecule has 6 heteroatoms. The van der Waals surface area contributed by atoms with Gasteiger partial charge >= 0.3 is 5.97 Å². The first-order chi connectivity index (χ1) is 12.5. The molecule has 0 bridgehead atoms. The summed E-state index contributed by atoms with van der Waals surface area (Å²) >= 11 is 0. The number of hydrogen-bond acceptors (Lipinski definition) is 4. The quantitative estimate of drug-likeness (QED) is 0.780. The van der Waals surface area contributed by atoms with Gasteiger partial charge in [0.25, 0.3) is 11.8 Å². The Morgan fingerprint density at radius 3 is 2.31 bits per heavy atom. The number of esters is 1. The molecule has 0 spiro atoms. The van der Waals surface area contributed by atoms with Crippen LogP contribution in [0.5, 0.6) is 0 Å². The Hall–Kier alpha value is -3.15. The Morgan fingerprint density at radius 1 is 1.00 bits per heavy atom. The van der Waals surface area contributed by atoms with Gasteiger partial charge in [0.1, 0.15) is 0 Å². The van der Waals surface area contributed by atoms with E-state index in [2.05, 4.69) is 10.6 Å². The van der Waals surface area contributed by atoms with Crippen molar-refractivity contribution in [3.8, 4) is 0 Å². The lowest BCUT2D eigenvalue weighted by Crippen LogP contribution is -2.32. The van der Waals surface area contributed by atoms with Gasteiger partial charge in [-0.1, -0.05) is 25.1 Å². The molecule has 0 fully saturated rings. The Morgan fingerprint density at radius 2 is 1.65 bits per heavy atom. The summed E-state index contributed by atoms with van der Waals surface area (Å²) in [4.78, 5) is 36.6. The summed E-state index contributed by atoms with van der Waals surface area (Å²) in [6.45, 7) is 3.89. The highest BCUT2D eigenvalue weighted by atomic mass is 16.5. The van der Waals surface area contributed by atoms with Crippen LogP contribution in [0.1, 0.15) is 51.3 Å². The zero-order valence-electron chi connectivity index (χ0n) is 15.0. The number of anilines is 1. The molecule has 136 valence electrons. The number of hydrogen-bond donors (Lipinski definition) is 2. The second kappa shape index (κ2) is 8.80. The van der Waals surface area contributed by atoms with E-state index in [1.165, 1.54) is 13.2 Å². The largest absolute Gasteiger partial charge is 0.465 e. The third-order valence-electron chi connectivity index (χ3n) is 3.96. The van der Waals surface area contributed by atoms with Gasteiger partial charge in [0.2, 0.25) is 0 Å². The van der Waals surface area contributed by atoms with Gasteiger partial charge in [0.15, 0.2) is 0 Å². The van der Waals surface area contributed by atoms with Crippen molar-refractivity contribution >= 4 is 23.5 Å². The molecular weight excluding hydrogens is 332 g/mol. The lowest BCUT2D eigenvalue weighted by atomic mass is 10.1. The molecule has 6 nitrogen and oxygen atoms in total. The van der Waals surface area contributed by atoms with Gasteiger partial charge in [-0.15, -0.1) is 0 Å². The number of methoxy groups -OCH3 is 1. The molecule has 0 saturated carbocycles. The first-order valence-corrected chi connectivity index (χ1v) is 8.35. The fourth-order valence-electron chi connectivity index (χ4n) is 2.29. The molecule has 0 aromatic heterocycles. The fraction of sp³-hybridized carbons (Fsp3) is 0.250. The molecule has 0 aliphatic carbocycles. The van der Waals surface area contributed by atoms with Crippen LogP contribution in [0.3, 0.4) is 0 Å². The van der Waals surface area contributed by atoms with Gasteiger partial charge < -0.3 is 15.4 Å². The van der Waals surface area contributed by atoms with Crippen molar-refractivity contribution in [2.24, 2.45) is 0 Å². The summed E-state index contributed by atoms with van der Waals surface area (Å²) in [5.74, 6) is -1.19. The Balaban J connectivity index is 2.20. The average Bonchev–Trinajstić information content (AvgIpc) is 2.67. The number of nitrogens with one attached hydrogen (secondary N) is 2. The maximum atomic E-state index is 12.5. The summed E-state index contributed by atoms with van der Waals surface area (Å²) in [7, 11) is 1.28. The maximum absolute atomic E-state index is 12.5. The summed E-state index contributed by atoms with van der Waals surface area (Å²) in [5.41, 5.74) is 1.33. The van der Waals surface area contributed by atoms with E-state index in [-0.39, 0.29) is 17.5 Å². The third-order valence-corrected chi connectivity index (χ3v) is 3.96. The topological polar surface area (TPSA) is 84.5 Å². The van der Waals surface area contributed by atoms with Crippen LogP contribution in [0.2, 0.25) is 0 Å². The van der Waals surface area contributed by atoms with Crippen LogP contribution in [-0.2, 0) is 4.74 Å². The van der Waals surface area contributed by atoms with Gasteiger partial charge in [-0.3, -0.25) is 9.59 Å². The van der Waals surface area contributed by atoms with Crippen LogP contribution in [0.4, 0.5) is 5.69 Å². The summed E-state index contributed by atoms with van der Waals surface area (Å²) in [5, 5.41) is 5.55. The first kappa shape index (κ1) is 19.2. The number of benzene rings is 2. The van der Waals surface area contributed by atoms with Crippen LogP contribution >= 0.6 is 0 Å². The van der Waals surface area contributed by atoms with Crippen molar-refractivity contribution in [2.75, 3.05) is 12.4 Å². The standard InChI is InChI=1S/C20H22N2O4/c1-4-13(2)21-18(23)14-8-7-9-15(12-14)19(24)22-17-11-6-5-10-16(17)20(25)26-3/h5-13H,4H2,1-3H3,(H,21,23)(H,22,24). The normalized spacial score (nSPS) is 11.3. The molecular formula is C20H22N2O4. The van der Waals surface area contributed by atoms with Gasteiger partial charge in [-0.25, -0.2) is 4.79 Å². The number of ether oxygens (including phenoxy) is 1. The van der Waals surface area contributed by atoms with Gasteiger partial charge in [-0.05, 0) is 43.7 Å².